The third-order valence-electron chi connectivity index (χ3n) is 4.64. The van der Waals surface area contributed by atoms with Crippen molar-refractivity contribution in [2.75, 3.05) is 26.2 Å². The Hall–Kier alpha value is -1.35. The fourth-order valence-electron chi connectivity index (χ4n) is 3.32. The number of rotatable bonds is 7. The van der Waals surface area contributed by atoms with Gasteiger partial charge in [-0.15, -0.1) is 0 Å². The van der Waals surface area contributed by atoms with E-state index in [2.05, 4.69) is 37.1 Å². The summed E-state index contributed by atoms with van der Waals surface area (Å²) in [5.41, 5.74) is 3.13. The number of morpholine rings is 1. The van der Waals surface area contributed by atoms with E-state index in [0.717, 1.165) is 38.4 Å². The molecule has 0 aromatic carbocycles. The van der Waals surface area contributed by atoms with Crippen molar-refractivity contribution in [1.29, 1.82) is 5.26 Å². The summed E-state index contributed by atoms with van der Waals surface area (Å²) in [6, 6.07) is 4.22. The second-order valence-corrected chi connectivity index (χ2v) is 6.71. The van der Waals surface area contributed by atoms with Crippen LogP contribution in [-0.4, -0.2) is 47.9 Å². The number of hydrogen-bond acceptors (Lipinski definition) is 4. The topological polar surface area (TPSA) is 53.2 Å². The molecule has 128 valence electrons. The first-order valence-electron chi connectivity index (χ1n) is 8.65. The van der Waals surface area contributed by atoms with Crippen molar-refractivity contribution in [3.8, 4) is 6.07 Å². The molecule has 0 saturated carbocycles. The van der Waals surface area contributed by atoms with Crippen molar-refractivity contribution in [1.82, 2.24) is 14.8 Å². The van der Waals surface area contributed by atoms with E-state index in [4.69, 9.17) is 10.00 Å². The maximum absolute atomic E-state index is 9.05. The number of nitriles is 1. The van der Waals surface area contributed by atoms with Crippen LogP contribution in [0.1, 0.15) is 43.6 Å². The first-order valence-corrected chi connectivity index (χ1v) is 8.65. The Morgan fingerprint density at radius 2 is 2.00 bits per heavy atom. The van der Waals surface area contributed by atoms with Gasteiger partial charge in [-0.05, 0) is 58.3 Å². The summed E-state index contributed by atoms with van der Waals surface area (Å²) in [5.74, 6) is 0. The van der Waals surface area contributed by atoms with E-state index < -0.39 is 0 Å². The van der Waals surface area contributed by atoms with Crippen molar-refractivity contribution in [2.45, 2.75) is 52.4 Å². The first kappa shape index (κ1) is 18.0. The van der Waals surface area contributed by atoms with Crippen LogP contribution >= 0.6 is 0 Å². The number of nitrogens with zero attached hydrogens (tertiary/aromatic N) is 3. The Morgan fingerprint density at radius 1 is 1.30 bits per heavy atom. The van der Waals surface area contributed by atoms with E-state index in [0.29, 0.717) is 12.2 Å². The first-order chi connectivity index (χ1) is 11.0. The molecule has 1 saturated heterocycles. The molecule has 1 fully saturated rings. The fourth-order valence-corrected chi connectivity index (χ4v) is 3.32. The highest BCUT2D eigenvalue weighted by molar-refractivity contribution is 5.33. The lowest BCUT2D eigenvalue weighted by Gasteiger charge is -2.35. The minimum absolute atomic E-state index is 0.354. The summed E-state index contributed by atoms with van der Waals surface area (Å²) in [6.45, 7) is 11.5. The Morgan fingerprint density at radius 3 is 2.61 bits per heavy atom. The van der Waals surface area contributed by atoms with Gasteiger partial charge < -0.3 is 14.6 Å². The monoisotopic (exact) mass is 318 g/mol. The zero-order valence-corrected chi connectivity index (χ0v) is 14.9. The van der Waals surface area contributed by atoms with Crippen molar-refractivity contribution >= 4 is 0 Å². The highest BCUT2D eigenvalue weighted by atomic mass is 16.5. The lowest BCUT2D eigenvalue weighted by Crippen LogP contribution is -2.45. The summed E-state index contributed by atoms with van der Waals surface area (Å²) in [5, 5.41) is 12.6. The molecule has 0 amide bonds. The molecule has 1 aromatic heterocycles. The van der Waals surface area contributed by atoms with E-state index in [1.807, 2.05) is 17.7 Å². The van der Waals surface area contributed by atoms with Gasteiger partial charge in [-0.1, -0.05) is 0 Å². The van der Waals surface area contributed by atoms with Gasteiger partial charge in [-0.3, -0.25) is 4.90 Å². The summed E-state index contributed by atoms with van der Waals surface area (Å²) in [7, 11) is 1.95. The van der Waals surface area contributed by atoms with Gasteiger partial charge in [0.05, 0.1) is 12.2 Å². The van der Waals surface area contributed by atoms with Crippen LogP contribution in [0.3, 0.4) is 0 Å². The summed E-state index contributed by atoms with van der Waals surface area (Å²) < 4.78 is 7.72. The quantitative estimate of drug-likeness (QED) is 0.783. The van der Waals surface area contributed by atoms with E-state index in [1.165, 1.54) is 24.1 Å². The highest BCUT2D eigenvalue weighted by Gasteiger charge is 2.21. The third-order valence-corrected chi connectivity index (χ3v) is 4.64. The van der Waals surface area contributed by atoms with E-state index >= 15 is 0 Å². The van der Waals surface area contributed by atoms with Crippen molar-refractivity contribution < 1.29 is 4.74 Å². The Kier molecular flexibility index (Phi) is 6.64. The predicted octanol–water partition coefficient (Wildman–Crippen LogP) is 2.18. The number of aromatic nitrogens is 1. The molecular weight excluding hydrogens is 288 g/mol. The molecule has 2 atom stereocenters. The van der Waals surface area contributed by atoms with Gasteiger partial charge in [0.2, 0.25) is 0 Å². The molecule has 2 rings (SSSR count). The minimum Gasteiger partial charge on any atom is -0.373 e. The zero-order chi connectivity index (χ0) is 16.8. The van der Waals surface area contributed by atoms with Crippen LogP contribution in [0.5, 0.6) is 0 Å². The van der Waals surface area contributed by atoms with Crippen molar-refractivity contribution in [2.24, 2.45) is 7.05 Å². The van der Waals surface area contributed by atoms with Gasteiger partial charge in [0.15, 0.2) is 0 Å². The van der Waals surface area contributed by atoms with Gasteiger partial charge in [0.1, 0.15) is 11.8 Å². The normalized spacial score (nSPS) is 22.2. The standard InChI is InChI=1S/C18H30N4O/c1-14-12-22(13-15(2)23-14)8-6-5-7-20-11-17-9-18(10-19)21(4)16(17)3/h9,14-15,20H,5-8,11-13H2,1-4H3/t14-,15-/m1/s1. The Bertz CT molecular complexity index is 536. The minimum atomic E-state index is 0.354. The average Bonchev–Trinajstić information content (AvgIpc) is 2.77. The van der Waals surface area contributed by atoms with Gasteiger partial charge in [-0.2, -0.15) is 5.26 Å². The molecular formula is C18H30N4O. The third kappa shape index (κ3) is 5.07. The Labute approximate surface area is 140 Å². The van der Waals surface area contributed by atoms with E-state index in [-0.39, 0.29) is 0 Å². The van der Waals surface area contributed by atoms with Crippen LogP contribution in [0.4, 0.5) is 0 Å². The molecule has 5 nitrogen and oxygen atoms in total. The van der Waals surface area contributed by atoms with E-state index in [1.54, 1.807) is 0 Å². The molecule has 0 aliphatic carbocycles. The average molecular weight is 318 g/mol. The number of nitrogens with one attached hydrogen (secondary N) is 1. The van der Waals surface area contributed by atoms with Crippen LogP contribution in [0.15, 0.2) is 6.07 Å². The molecule has 2 heterocycles. The highest BCUT2D eigenvalue weighted by Crippen LogP contribution is 2.13. The van der Waals surface area contributed by atoms with E-state index in [9.17, 15) is 0 Å². The maximum atomic E-state index is 9.05. The smallest absolute Gasteiger partial charge is 0.120 e. The maximum Gasteiger partial charge on any atom is 0.120 e. The number of ether oxygens (including phenoxy) is 1. The van der Waals surface area contributed by atoms with Crippen LogP contribution in [-0.2, 0) is 18.3 Å². The van der Waals surface area contributed by atoms with Gasteiger partial charge >= 0.3 is 0 Å². The van der Waals surface area contributed by atoms with Gasteiger partial charge in [0.25, 0.3) is 0 Å². The predicted molar refractivity (Wildman–Crippen MR) is 92.3 cm³/mol. The molecule has 23 heavy (non-hydrogen) atoms. The Balaban J connectivity index is 1.62. The molecule has 0 radical (unpaired) electrons. The lowest BCUT2D eigenvalue weighted by atomic mass is 10.2. The van der Waals surface area contributed by atoms with Crippen molar-refractivity contribution in [3.05, 3.63) is 23.0 Å². The van der Waals surface area contributed by atoms with Crippen LogP contribution < -0.4 is 5.32 Å². The van der Waals surface area contributed by atoms with Crippen molar-refractivity contribution in [3.63, 3.8) is 0 Å². The molecule has 1 N–H and O–H groups in total. The van der Waals surface area contributed by atoms with Crippen LogP contribution in [0, 0.1) is 18.3 Å². The molecule has 0 unspecified atom stereocenters. The molecule has 1 aromatic rings. The molecule has 1 aliphatic heterocycles. The fraction of sp³-hybridized carbons (Fsp3) is 0.722. The van der Waals surface area contributed by atoms with Gasteiger partial charge in [0, 0.05) is 32.4 Å². The summed E-state index contributed by atoms with van der Waals surface area (Å²) in [4.78, 5) is 2.51. The second kappa shape index (κ2) is 8.49. The zero-order valence-electron chi connectivity index (χ0n) is 14.9. The van der Waals surface area contributed by atoms with Gasteiger partial charge in [-0.25, -0.2) is 0 Å². The largest absolute Gasteiger partial charge is 0.373 e. The molecule has 1 aliphatic rings. The number of hydrogen-bond donors (Lipinski definition) is 1. The second-order valence-electron chi connectivity index (χ2n) is 6.71. The van der Waals surface area contributed by atoms with Crippen LogP contribution in [0.2, 0.25) is 0 Å². The number of unbranched alkanes of at least 4 members (excludes halogenated alkanes) is 1. The lowest BCUT2D eigenvalue weighted by molar-refractivity contribution is -0.0681. The summed E-state index contributed by atoms with van der Waals surface area (Å²) >= 11 is 0. The van der Waals surface area contributed by atoms with Crippen LogP contribution in [0.25, 0.3) is 0 Å². The SMILES string of the molecule is Cc1c(CNCCCCN2C[C@@H](C)O[C@H](C)C2)cc(C#N)n1C. The molecule has 5 heteroatoms. The summed E-state index contributed by atoms with van der Waals surface area (Å²) in [6.07, 6.45) is 3.10. The molecule has 0 bridgehead atoms. The molecule has 0 spiro atoms.